The molecule has 3 nitrogen and oxygen atoms in total. The Balaban J connectivity index is 3.14. The minimum atomic E-state index is 0.0276. The van der Waals surface area contributed by atoms with Crippen molar-refractivity contribution in [2.24, 2.45) is 5.92 Å². The van der Waals surface area contributed by atoms with Crippen molar-refractivity contribution in [3.05, 3.63) is 20.1 Å². The molecule has 0 aromatic heterocycles. The summed E-state index contributed by atoms with van der Waals surface area (Å²) in [7, 11) is 0. The number of benzene rings is 1. The number of hydrogen-bond donors (Lipinski definition) is 2. The number of amides is 1. The topological polar surface area (TPSA) is 55.1 Å². The second-order valence-corrected chi connectivity index (χ2v) is 6.40. The molecule has 100 valence electrons. The molecule has 0 bridgehead atoms. The smallest absolute Gasteiger partial charge is 0.224 e. The zero-order valence-corrected chi connectivity index (χ0v) is 14.2. The first kappa shape index (κ1) is 15.5. The average molecular weight is 378 g/mol. The number of hydrogen-bond acceptors (Lipinski definition) is 2. The monoisotopic (exact) mass is 376 g/mol. The Morgan fingerprint density at radius 2 is 1.67 bits per heavy atom. The van der Waals surface area contributed by atoms with E-state index in [-0.39, 0.29) is 5.91 Å². The van der Waals surface area contributed by atoms with Gasteiger partial charge in [0.25, 0.3) is 0 Å². The van der Waals surface area contributed by atoms with Gasteiger partial charge in [0.2, 0.25) is 5.91 Å². The van der Waals surface area contributed by atoms with Crippen molar-refractivity contribution >= 4 is 49.1 Å². The van der Waals surface area contributed by atoms with Gasteiger partial charge in [-0.05, 0) is 62.8 Å². The first-order chi connectivity index (χ1) is 8.25. The normalized spacial score (nSPS) is 10.8. The standard InChI is InChI=1S/C13H18Br2N2O/c1-6(2)5-9(18)17-13-7(3)10(14)12(16)11(15)8(13)4/h6H,5,16H2,1-4H3,(H,17,18). The third kappa shape index (κ3) is 3.26. The Labute approximate surface area is 125 Å². The number of rotatable bonds is 3. The van der Waals surface area contributed by atoms with Crippen molar-refractivity contribution in [2.45, 2.75) is 34.1 Å². The van der Waals surface area contributed by atoms with Crippen LogP contribution in [0.5, 0.6) is 0 Å². The maximum atomic E-state index is 11.9. The lowest BCUT2D eigenvalue weighted by Crippen LogP contribution is -2.16. The van der Waals surface area contributed by atoms with Crippen molar-refractivity contribution in [3.63, 3.8) is 0 Å². The van der Waals surface area contributed by atoms with E-state index >= 15 is 0 Å². The van der Waals surface area contributed by atoms with E-state index in [2.05, 4.69) is 37.2 Å². The Hall–Kier alpha value is -0.550. The maximum absolute atomic E-state index is 11.9. The van der Waals surface area contributed by atoms with Crippen LogP contribution in [0.4, 0.5) is 11.4 Å². The molecule has 0 heterocycles. The summed E-state index contributed by atoms with van der Waals surface area (Å²) in [5, 5.41) is 2.96. The van der Waals surface area contributed by atoms with E-state index in [1.54, 1.807) is 0 Å². The fourth-order valence-electron chi connectivity index (χ4n) is 1.75. The van der Waals surface area contributed by atoms with Crippen molar-refractivity contribution < 1.29 is 4.79 Å². The van der Waals surface area contributed by atoms with Gasteiger partial charge in [0.15, 0.2) is 0 Å². The highest BCUT2D eigenvalue weighted by atomic mass is 79.9. The van der Waals surface area contributed by atoms with Crippen LogP contribution in [0.15, 0.2) is 8.95 Å². The third-order valence-electron chi connectivity index (χ3n) is 2.74. The minimum absolute atomic E-state index is 0.0276. The highest BCUT2D eigenvalue weighted by Gasteiger charge is 2.16. The van der Waals surface area contributed by atoms with Crippen molar-refractivity contribution in [1.82, 2.24) is 0 Å². The second kappa shape index (κ2) is 6.06. The number of nitrogen functional groups attached to an aromatic ring is 1. The van der Waals surface area contributed by atoms with Gasteiger partial charge in [0.05, 0.1) is 5.69 Å². The third-order valence-corrected chi connectivity index (χ3v) is 4.78. The Bertz CT molecular complexity index is 455. The van der Waals surface area contributed by atoms with Crippen LogP contribution in [0, 0.1) is 19.8 Å². The van der Waals surface area contributed by atoms with E-state index in [0.29, 0.717) is 18.0 Å². The fourth-order valence-corrected chi connectivity index (χ4v) is 2.81. The van der Waals surface area contributed by atoms with Crippen LogP contribution in [0.1, 0.15) is 31.4 Å². The summed E-state index contributed by atoms with van der Waals surface area (Å²) < 4.78 is 1.64. The molecule has 0 aliphatic heterocycles. The molecule has 0 unspecified atom stereocenters. The van der Waals surface area contributed by atoms with Gasteiger partial charge in [-0.1, -0.05) is 13.8 Å². The van der Waals surface area contributed by atoms with E-state index in [1.807, 2.05) is 27.7 Å². The molecule has 5 heteroatoms. The van der Waals surface area contributed by atoms with Gasteiger partial charge in [-0.3, -0.25) is 4.79 Å². The van der Waals surface area contributed by atoms with E-state index in [1.165, 1.54) is 0 Å². The molecular weight excluding hydrogens is 360 g/mol. The Kier molecular flexibility index (Phi) is 5.22. The summed E-state index contributed by atoms with van der Waals surface area (Å²) in [6, 6.07) is 0. The summed E-state index contributed by atoms with van der Waals surface area (Å²) >= 11 is 6.90. The minimum Gasteiger partial charge on any atom is -0.397 e. The average Bonchev–Trinajstić information content (AvgIpc) is 2.29. The molecule has 1 rings (SSSR count). The molecule has 0 fully saturated rings. The molecule has 3 N–H and O–H groups in total. The fraction of sp³-hybridized carbons (Fsp3) is 0.462. The highest BCUT2D eigenvalue weighted by Crippen LogP contribution is 2.39. The number of carbonyl (C=O) groups excluding carboxylic acids is 1. The molecule has 0 aliphatic carbocycles. The Morgan fingerprint density at radius 1 is 1.22 bits per heavy atom. The lowest BCUT2D eigenvalue weighted by molar-refractivity contribution is -0.116. The lowest BCUT2D eigenvalue weighted by atomic mass is 10.1. The summed E-state index contributed by atoms with van der Waals surface area (Å²) in [6.07, 6.45) is 0.512. The molecule has 1 aromatic carbocycles. The number of carbonyl (C=O) groups is 1. The molecule has 0 spiro atoms. The van der Waals surface area contributed by atoms with Gasteiger partial charge in [-0.15, -0.1) is 0 Å². The molecule has 0 saturated carbocycles. The summed E-state index contributed by atoms with van der Waals surface area (Å²) in [6.45, 7) is 7.91. The molecule has 1 aromatic rings. The van der Waals surface area contributed by atoms with Crippen molar-refractivity contribution in [1.29, 1.82) is 0 Å². The summed E-state index contributed by atoms with van der Waals surface area (Å²) in [5.41, 5.74) is 9.34. The number of halogens is 2. The van der Waals surface area contributed by atoms with Crippen LogP contribution in [0.25, 0.3) is 0 Å². The van der Waals surface area contributed by atoms with Crippen LogP contribution in [-0.2, 0) is 4.79 Å². The van der Waals surface area contributed by atoms with Gasteiger partial charge in [-0.25, -0.2) is 0 Å². The molecular formula is C13H18Br2N2O. The molecule has 0 aliphatic rings. The van der Waals surface area contributed by atoms with Gasteiger partial charge < -0.3 is 11.1 Å². The molecule has 0 saturated heterocycles. The molecule has 0 radical (unpaired) electrons. The van der Waals surface area contributed by atoms with Crippen LogP contribution in [0.2, 0.25) is 0 Å². The van der Waals surface area contributed by atoms with Gasteiger partial charge in [-0.2, -0.15) is 0 Å². The quantitative estimate of drug-likeness (QED) is 0.767. The maximum Gasteiger partial charge on any atom is 0.224 e. The van der Waals surface area contributed by atoms with Crippen molar-refractivity contribution in [3.8, 4) is 0 Å². The Morgan fingerprint density at radius 3 is 2.06 bits per heavy atom. The van der Waals surface area contributed by atoms with E-state index in [4.69, 9.17) is 5.73 Å². The molecule has 18 heavy (non-hydrogen) atoms. The van der Waals surface area contributed by atoms with Crippen LogP contribution in [0.3, 0.4) is 0 Å². The molecule has 1 amide bonds. The molecule has 0 atom stereocenters. The first-order valence-corrected chi connectivity index (χ1v) is 7.37. The summed E-state index contributed by atoms with van der Waals surface area (Å²) in [4.78, 5) is 11.9. The van der Waals surface area contributed by atoms with Crippen LogP contribution >= 0.6 is 31.9 Å². The van der Waals surface area contributed by atoms with Gasteiger partial charge >= 0.3 is 0 Å². The van der Waals surface area contributed by atoms with E-state index < -0.39 is 0 Å². The van der Waals surface area contributed by atoms with E-state index in [9.17, 15) is 4.79 Å². The number of nitrogens with two attached hydrogens (primary N) is 1. The van der Waals surface area contributed by atoms with Gasteiger partial charge in [0, 0.05) is 21.1 Å². The second-order valence-electron chi connectivity index (χ2n) is 4.81. The van der Waals surface area contributed by atoms with Crippen molar-refractivity contribution in [2.75, 3.05) is 11.1 Å². The zero-order valence-electron chi connectivity index (χ0n) is 11.0. The SMILES string of the molecule is Cc1c(Br)c(N)c(Br)c(C)c1NC(=O)CC(C)C. The van der Waals surface area contributed by atoms with Crippen LogP contribution in [-0.4, -0.2) is 5.91 Å². The van der Waals surface area contributed by atoms with Gasteiger partial charge in [0.1, 0.15) is 0 Å². The number of anilines is 2. The highest BCUT2D eigenvalue weighted by molar-refractivity contribution is 9.11. The zero-order chi connectivity index (χ0) is 14.0. The predicted octanol–water partition coefficient (Wildman–Crippen LogP) is 4.40. The largest absolute Gasteiger partial charge is 0.397 e. The predicted molar refractivity (Wildman–Crippen MR) is 83.8 cm³/mol. The number of nitrogens with one attached hydrogen (secondary N) is 1. The van der Waals surface area contributed by atoms with Crippen LogP contribution < -0.4 is 11.1 Å². The van der Waals surface area contributed by atoms with E-state index in [0.717, 1.165) is 25.8 Å². The summed E-state index contributed by atoms with van der Waals surface area (Å²) in [5.74, 6) is 0.367. The lowest BCUT2D eigenvalue weighted by Gasteiger charge is -2.17. The first-order valence-electron chi connectivity index (χ1n) is 5.79.